The van der Waals surface area contributed by atoms with E-state index in [2.05, 4.69) is 16.0 Å². The van der Waals surface area contributed by atoms with Gasteiger partial charge in [-0.1, -0.05) is 12.1 Å². The quantitative estimate of drug-likeness (QED) is 0.584. The van der Waals surface area contributed by atoms with Gasteiger partial charge in [0.1, 0.15) is 6.04 Å². The average molecular weight is 372 g/mol. The van der Waals surface area contributed by atoms with Gasteiger partial charge >= 0.3 is 0 Å². The maximum atomic E-state index is 12.7. The van der Waals surface area contributed by atoms with Crippen LogP contribution in [0.3, 0.4) is 0 Å². The Morgan fingerprint density at radius 2 is 2.11 bits per heavy atom. The van der Waals surface area contributed by atoms with Gasteiger partial charge in [-0.05, 0) is 23.6 Å². The first-order chi connectivity index (χ1) is 13.0. The zero-order chi connectivity index (χ0) is 19.0. The van der Waals surface area contributed by atoms with E-state index in [4.69, 9.17) is 4.74 Å². The van der Waals surface area contributed by atoms with Crippen LogP contribution in [0.4, 0.5) is 0 Å². The van der Waals surface area contributed by atoms with Crippen LogP contribution in [-0.4, -0.2) is 61.0 Å². The Bertz CT molecular complexity index is 790. The average Bonchev–Trinajstić information content (AvgIpc) is 2.93. The van der Waals surface area contributed by atoms with Crippen molar-refractivity contribution in [2.45, 2.75) is 37.5 Å². The molecular weight excluding hydrogens is 348 g/mol. The Hall–Kier alpha value is -2.29. The molecular formula is C19H24N4O4. The molecule has 3 aliphatic heterocycles. The monoisotopic (exact) mass is 372 g/mol. The van der Waals surface area contributed by atoms with Gasteiger partial charge in [0.2, 0.25) is 11.8 Å². The highest BCUT2D eigenvalue weighted by Crippen LogP contribution is 2.28. The smallest absolute Gasteiger partial charge is 0.255 e. The van der Waals surface area contributed by atoms with Crippen molar-refractivity contribution in [3.05, 3.63) is 34.9 Å². The summed E-state index contributed by atoms with van der Waals surface area (Å²) < 4.78 is 5.31. The molecule has 0 spiro atoms. The van der Waals surface area contributed by atoms with Crippen LogP contribution in [-0.2, 0) is 27.4 Å². The second-order valence-electron chi connectivity index (χ2n) is 7.56. The van der Waals surface area contributed by atoms with Gasteiger partial charge < -0.3 is 20.3 Å². The maximum Gasteiger partial charge on any atom is 0.255 e. The third-order valence-corrected chi connectivity index (χ3v) is 5.60. The first-order valence-electron chi connectivity index (χ1n) is 9.22. The number of hydrogen-bond acceptors (Lipinski definition) is 6. The van der Waals surface area contributed by atoms with Crippen LogP contribution >= 0.6 is 0 Å². The van der Waals surface area contributed by atoms with Crippen molar-refractivity contribution >= 4 is 17.7 Å². The van der Waals surface area contributed by atoms with Crippen molar-refractivity contribution in [3.63, 3.8) is 0 Å². The minimum atomic E-state index is -0.574. The molecule has 0 aliphatic carbocycles. The number of fused-ring (bicyclic) bond motifs is 1. The SMILES string of the molecule is COCC1(NCc2ccc3c(c2)CN(C2CCC(=O)NC2=O)C3=O)CNC1. The van der Waals surface area contributed by atoms with Crippen LogP contribution in [0, 0.1) is 0 Å². The minimum absolute atomic E-state index is 0.0393. The Kier molecular flexibility index (Phi) is 4.71. The predicted molar refractivity (Wildman–Crippen MR) is 96.8 cm³/mol. The molecule has 0 aromatic heterocycles. The number of nitrogens with zero attached hydrogens (tertiary/aromatic N) is 1. The van der Waals surface area contributed by atoms with E-state index in [0.29, 0.717) is 31.7 Å². The molecule has 3 amide bonds. The molecule has 27 heavy (non-hydrogen) atoms. The van der Waals surface area contributed by atoms with Crippen LogP contribution in [0.25, 0.3) is 0 Å². The van der Waals surface area contributed by atoms with Crippen LogP contribution in [0.5, 0.6) is 0 Å². The molecule has 144 valence electrons. The van der Waals surface area contributed by atoms with Crippen molar-refractivity contribution in [3.8, 4) is 0 Å². The molecule has 8 heteroatoms. The van der Waals surface area contributed by atoms with Gasteiger partial charge in [0.05, 0.1) is 12.1 Å². The molecule has 0 saturated carbocycles. The van der Waals surface area contributed by atoms with Crippen LogP contribution in [0.2, 0.25) is 0 Å². The van der Waals surface area contributed by atoms with E-state index in [0.717, 1.165) is 24.2 Å². The fraction of sp³-hybridized carbons (Fsp3) is 0.526. The number of carbonyl (C=O) groups is 3. The van der Waals surface area contributed by atoms with Gasteiger partial charge in [-0.2, -0.15) is 0 Å². The number of imide groups is 1. The Morgan fingerprint density at radius 3 is 2.78 bits per heavy atom. The zero-order valence-electron chi connectivity index (χ0n) is 15.3. The van der Waals surface area contributed by atoms with Gasteiger partial charge in [0.25, 0.3) is 5.91 Å². The molecule has 4 rings (SSSR count). The molecule has 0 bridgehead atoms. The molecule has 3 heterocycles. The number of ether oxygens (including phenoxy) is 1. The van der Waals surface area contributed by atoms with Gasteiger partial charge in [-0.25, -0.2) is 0 Å². The molecule has 1 aromatic carbocycles. The first-order valence-corrected chi connectivity index (χ1v) is 9.22. The summed E-state index contributed by atoms with van der Waals surface area (Å²) in [7, 11) is 1.70. The van der Waals surface area contributed by atoms with Crippen molar-refractivity contribution in [1.29, 1.82) is 0 Å². The Labute approximate surface area is 157 Å². The predicted octanol–water partition coefficient (Wildman–Crippen LogP) is -0.474. The summed E-state index contributed by atoms with van der Waals surface area (Å²) in [6.07, 6.45) is 0.646. The van der Waals surface area contributed by atoms with Gasteiger partial charge in [-0.3, -0.25) is 19.7 Å². The normalized spacial score (nSPS) is 23.8. The minimum Gasteiger partial charge on any atom is -0.383 e. The number of nitrogens with one attached hydrogen (secondary N) is 3. The van der Waals surface area contributed by atoms with Crippen molar-refractivity contribution < 1.29 is 19.1 Å². The third-order valence-electron chi connectivity index (χ3n) is 5.60. The van der Waals surface area contributed by atoms with E-state index in [1.807, 2.05) is 18.2 Å². The number of amides is 3. The molecule has 1 unspecified atom stereocenters. The summed E-state index contributed by atoms with van der Waals surface area (Å²) in [6, 6.07) is 5.24. The lowest BCUT2D eigenvalue weighted by atomic mass is 9.93. The summed E-state index contributed by atoms with van der Waals surface area (Å²) in [5, 5.41) is 9.14. The zero-order valence-corrected chi connectivity index (χ0v) is 15.3. The fourth-order valence-corrected chi connectivity index (χ4v) is 4.01. The lowest BCUT2D eigenvalue weighted by molar-refractivity contribution is -0.136. The van der Waals surface area contributed by atoms with Gasteiger partial charge in [0, 0.05) is 45.3 Å². The Balaban J connectivity index is 1.44. The molecule has 8 nitrogen and oxygen atoms in total. The van der Waals surface area contributed by atoms with E-state index < -0.39 is 6.04 Å². The highest BCUT2D eigenvalue weighted by molar-refractivity contribution is 6.05. The lowest BCUT2D eigenvalue weighted by Gasteiger charge is -2.43. The van der Waals surface area contributed by atoms with Crippen molar-refractivity contribution in [2.24, 2.45) is 0 Å². The number of rotatable bonds is 6. The van der Waals surface area contributed by atoms with E-state index in [9.17, 15) is 14.4 Å². The van der Waals surface area contributed by atoms with Gasteiger partial charge in [0.15, 0.2) is 0 Å². The molecule has 3 aliphatic rings. The maximum absolute atomic E-state index is 12.7. The summed E-state index contributed by atoms with van der Waals surface area (Å²) in [4.78, 5) is 37.8. The standard InChI is InChI=1S/C19H24N4O4/c1-27-11-19(9-20-10-19)21-7-12-2-3-14-13(6-12)8-23(18(14)26)15-4-5-16(24)22-17(15)25/h2-3,6,15,20-21H,4-5,7-11H2,1H3,(H,22,24,25). The molecule has 2 saturated heterocycles. The molecule has 1 aromatic rings. The molecule has 0 radical (unpaired) electrons. The van der Waals surface area contributed by atoms with E-state index in [1.165, 1.54) is 0 Å². The summed E-state index contributed by atoms with van der Waals surface area (Å²) in [6.45, 7) is 3.47. The second kappa shape index (κ2) is 7.03. The van der Waals surface area contributed by atoms with Gasteiger partial charge in [-0.15, -0.1) is 0 Å². The second-order valence-corrected chi connectivity index (χ2v) is 7.56. The first kappa shape index (κ1) is 18.1. The lowest BCUT2D eigenvalue weighted by Crippen LogP contribution is -2.69. The summed E-state index contributed by atoms with van der Waals surface area (Å²) in [5.41, 5.74) is 2.62. The highest BCUT2D eigenvalue weighted by Gasteiger charge is 2.39. The fourth-order valence-electron chi connectivity index (χ4n) is 4.01. The molecule has 1 atom stereocenters. The number of methoxy groups -OCH3 is 1. The number of hydrogen-bond donors (Lipinski definition) is 3. The number of piperidine rings is 1. The molecule has 3 N–H and O–H groups in total. The molecule has 2 fully saturated rings. The summed E-state index contributed by atoms with van der Waals surface area (Å²) >= 11 is 0. The van der Waals surface area contributed by atoms with Crippen LogP contribution in [0.1, 0.15) is 34.3 Å². The van der Waals surface area contributed by atoms with E-state index >= 15 is 0 Å². The van der Waals surface area contributed by atoms with Crippen molar-refractivity contribution in [1.82, 2.24) is 20.9 Å². The number of benzene rings is 1. The third kappa shape index (κ3) is 3.36. The van der Waals surface area contributed by atoms with Crippen LogP contribution in [0.15, 0.2) is 18.2 Å². The van der Waals surface area contributed by atoms with E-state index in [-0.39, 0.29) is 29.7 Å². The highest BCUT2D eigenvalue weighted by atomic mass is 16.5. The van der Waals surface area contributed by atoms with Crippen molar-refractivity contribution in [2.75, 3.05) is 26.8 Å². The number of carbonyl (C=O) groups excluding carboxylic acids is 3. The Morgan fingerprint density at radius 1 is 1.30 bits per heavy atom. The largest absolute Gasteiger partial charge is 0.383 e. The van der Waals surface area contributed by atoms with Crippen LogP contribution < -0.4 is 16.0 Å². The summed E-state index contributed by atoms with van der Waals surface area (Å²) in [5.74, 6) is -0.796. The van der Waals surface area contributed by atoms with E-state index in [1.54, 1.807) is 12.0 Å². The topological polar surface area (TPSA) is 99.8 Å².